The summed E-state index contributed by atoms with van der Waals surface area (Å²) in [4.78, 5) is 38.8. The van der Waals surface area contributed by atoms with Crippen LogP contribution in [0, 0.1) is 5.92 Å². The quantitative estimate of drug-likeness (QED) is 0.275. The first-order chi connectivity index (χ1) is 18.7. The van der Waals surface area contributed by atoms with Gasteiger partial charge in [0.25, 0.3) is 0 Å². The van der Waals surface area contributed by atoms with Gasteiger partial charge in [-0.15, -0.1) is 0 Å². The summed E-state index contributed by atoms with van der Waals surface area (Å²) in [5.74, 6) is 0.630. The summed E-state index contributed by atoms with van der Waals surface area (Å²) in [5, 5.41) is 5.47. The van der Waals surface area contributed by atoms with Gasteiger partial charge >= 0.3 is 6.09 Å². The molecule has 2 amide bonds. The molecule has 0 saturated heterocycles. The van der Waals surface area contributed by atoms with Crippen molar-refractivity contribution in [2.24, 2.45) is 5.92 Å². The summed E-state index contributed by atoms with van der Waals surface area (Å²) >= 11 is 0. The van der Waals surface area contributed by atoms with E-state index in [1.54, 1.807) is 64.1 Å². The predicted octanol–water partition coefficient (Wildman–Crippen LogP) is 5.50. The van der Waals surface area contributed by atoms with Gasteiger partial charge in [0.05, 0.1) is 34.1 Å². The molecule has 0 aliphatic rings. The minimum absolute atomic E-state index is 0.222. The van der Waals surface area contributed by atoms with Crippen LogP contribution in [0.15, 0.2) is 35.9 Å². The molecule has 0 saturated carbocycles. The van der Waals surface area contributed by atoms with E-state index in [2.05, 4.69) is 10.6 Å². The van der Waals surface area contributed by atoms with Crippen LogP contribution in [0.2, 0.25) is 0 Å². The minimum atomic E-state index is -0.859. The van der Waals surface area contributed by atoms with Crippen LogP contribution in [-0.4, -0.2) is 57.9 Å². The fraction of sp³-hybridized carbons (Fsp3) is 0.433. The third-order valence-corrected chi connectivity index (χ3v) is 5.77. The van der Waals surface area contributed by atoms with E-state index in [-0.39, 0.29) is 11.7 Å². The molecule has 2 aromatic rings. The summed E-state index contributed by atoms with van der Waals surface area (Å²) in [6.45, 7) is 10.6. The average molecular weight is 557 g/mol. The normalized spacial score (nSPS) is 12.3. The Morgan fingerprint density at radius 2 is 1.43 bits per heavy atom. The van der Waals surface area contributed by atoms with Gasteiger partial charge in [0.2, 0.25) is 11.7 Å². The number of nitrogens with one attached hydrogen (secondary N) is 2. The van der Waals surface area contributed by atoms with Crippen LogP contribution in [-0.2, 0) is 9.53 Å². The second-order valence-corrected chi connectivity index (χ2v) is 10.4. The molecule has 2 N–H and O–H groups in total. The molecule has 0 heterocycles. The Morgan fingerprint density at radius 3 is 1.90 bits per heavy atom. The van der Waals surface area contributed by atoms with Crippen molar-refractivity contribution in [3.63, 3.8) is 0 Å². The molecule has 2 aromatic carbocycles. The van der Waals surface area contributed by atoms with Crippen LogP contribution >= 0.6 is 0 Å². The number of alkyl carbamates (subject to hydrolysis) is 1. The maximum atomic E-state index is 13.3. The summed E-state index contributed by atoms with van der Waals surface area (Å²) in [5.41, 5.74) is 1.12. The minimum Gasteiger partial charge on any atom is -0.495 e. The number of rotatable bonds is 11. The third-order valence-electron chi connectivity index (χ3n) is 5.77. The highest BCUT2D eigenvalue weighted by Crippen LogP contribution is 2.39. The van der Waals surface area contributed by atoms with Gasteiger partial charge in [0, 0.05) is 5.56 Å². The third kappa shape index (κ3) is 8.39. The Morgan fingerprint density at radius 1 is 0.850 bits per heavy atom. The fourth-order valence-electron chi connectivity index (χ4n) is 3.85. The summed E-state index contributed by atoms with van der Waals surface area (Å²) in [6.07, 6.45) is 1.00. The van der Waals surface area contributed by atoms with Crippen molar-refractivity contribution in [1.29, 1.82) is 0 Å². The highest BCUT2D eigenvalue weighted by molar-refractivity contribution is 6.11. The summed E-state index contributed by atoms with van der Waals surface area (Å²) in [7, 11) is 5.94. The number of methoxy groups -OCH3 is 4. The van der Waals surface area contributed by atoms with Crippen LogP contribution in [0.5, 0.6) is 23.0 Å². The van der Waals surface area contributed by atoms with Crippen molar-refractivity contribution < 1.29 is 38.1 Å². The molecule has 0 aliphatic carbocycles. The average Bonchev–Trinajstić information content (AvgIpc) is 2.89. The van der Waals surface area contributed by atoms with Crippen LogP contribution in [0.3, 0.4) is 0 Å². The Balaban J connectivity index is 2.35. The fourth-order valence-corrected chi connectivity index (χ4v) is 3.85. The molecular formula is C30H40N2O8. The van der Waals surface area contributed by atoms with Gasteiger partial charge in [-0.3, -0.25) is 9.59 Å². The second-order valence-electron chi connectivity index (χ2n) is 10.4. The molecule has 0 aliphatic heterocycles. The maximum Gasteiger partial charge on any atom is 0.408 e. The zero-order chi connectivity index (χ0) is 30.2. The van der Waals surface area contributed by atoms with Gasteiger partial charge < -0.3 is 34.3 Å². The lowest BCUT2D eigenvalue weighted by atomic mass is 10.0. The lowest BCUT2D eigenvalue weighted by Crippen LogP contribution is -2.48. The van der Waals surface area contributed by atoms with E-state index in [9.17, 15) is 14.4 Å². The summed E-state index contributed by atoms with van der Waals surface area (Å²) < 4.78 is 26.8. The van der Waals surface area contributed by atoms with Gasteiger partial charge in [0.1, 0.15) is 17.4 Å². The van der Waals surface area contributed by atoms with Gasteiger partial charge in [-0.2, -0.15) is 0 Å². The molecule has 218 valence electrons. The molecule has 40 heavy (non-hydrogen) atoms. The van der Waals surface area contributed by atoms with E-state index >= 15 is 0 Å². The molecule has 0 aromatic heterocycles. The first kappa shape index (κ1) is 32.0. The Labute approximate surface area is 236 Å². The number of hydrogen-bond acceptors (Lipinski definition) is 8. The lowest BCUT2D eigenvalue weighted by molar-refractivity contribution is -0.119. The second kappa shape index (κ2) is 13.7. The number of carbonyl (C=O) groups excluding carboxylic acids is 3. The molecule has 0 radical (unpaired) electrons. The molecule has 0 bridgehead atoms. The molecule has 0 spiro atoms. The van der Waals surface area contributed by atoms with Crippen LogP contribution in [0.25, 0.3) is 6.08 Å². The Hall–Kier alpha value is -4.21. The van der Waals surface area contributed by atoms with Crippen molar-refractivity contribution in [2.45, 2.75) is 53.2 Å². The van der Waals surface area contributed by atoms with Crippen molar-refractivity contribution in [3.8, 4) is 23.0 Å². The van der Waals surface area contributed by atoms with Crippen LogP contribution in [0.4, 0.5) is 10.5 Å². The van der Waals surface area contributed by atoms with Gasteiger partial charge in [-0.1, -0.05) is 19.9 Å². The highest BCUT2D eigenvalue weighted by atomic mass is 16.6. The van der Waals surface area contributed by atoms with E-state index in [4.69, 9.17) is 23.7 Å². The van der Waals surface area contributed by atoms with Crippen molar-refractivity contribution in [2.75, 3.05) is 33.8 Å². The van der Waals surface area contributed by atoms with Gasteiger partial charge in [-0.25, -0.2) is 4.79 Å². The molecule has 2 rings (SSSR count). The molecule has 10 nitrogen and oxygen atoms in total. The molecular weight excluding hydrogens is 516 g/mol. The smallest absolute Gasteiger partial charge is 0.408 e. The van der Waals surface area contributed by atoms with E-state index in [0.717, 1.165) is 0 Å². The Bertz CT molecular complexity index is 1240. The largest absolute Gasteiger partial charge is 0.495 e. The number of ether oxygens (including phenoxy) is 5. The number of carbonyl (C=O) groups is 3. The van der Waals surface area contributed by atoms with E-state index in [1.165, 1.54) is 28.4 Å². The number of hydrogen-bond donors (Lipinski definition) is 2. The first-order valence-electron chi connectivity index (χ1n) is 12.8. The zero-order valence-corrected chi connectivity index (χ0v) is 24.9. The van der Waals surface area contributed by atoms with Crippen molar-refractivity contribution in [1.82, 2.24) is 5.32 Å². The number of ketones is 1. The van der Waals surface area contributed by atoms with Gasteiger partial charge in [0.15, 0.2) is 17.3 Å². The number of Topliss-reactive ketones (excluding diaryl/α,β-unsaturated/α-hetero) is 1. The molecule has 0 fully saturated rings. The highest BCUT2D eigenvalue weighted by Gasteiger charge is 2.27. The van der Waals surface area contributed by atoms with Crippen molar-refractivity contribution >= 4 is 29.5 Å². The number of benzene rings is 2. The van der Waals surface area contributed by atoms with E-state index < -0.39 is 23.6 Å². The van der Waals surface area contributed by atoms with Crippen LogP contribution in [0.1, 0.15) is 57.5 Å². The number of amides is 2. The molecule has 1 atom stereocenters. The maximum absolute atomic E-state index is 13.3. The number of anilines is 1. The Kier molecular flexibility index (Phi) is 11.0. The molecule has 10 heteroatoms. The predicted molar refractivity (Wildman–Crippen MR) is 154 cm³/mol. The summed E-state index contributed by atoms with van der Waals surface area (Å²) in [6, 6.07) is 7.45. The first-order valence-corrected chi connectivity index (χ1v) is 12.8. The lowest BCUT2D eigenvalue weighted by Gasteiger charge is -2.25. The standard InChI is InChI=1S/C30H40N2O8/c1-17(2)25(32-29(35)40-30(4,5)6)28(34)31-21-14-19(11-12-22(21)36-7)13-18(3)26(33)20-15-23(37-8)27(39-10)24(16-20)38-9/h11-17,25H,1-10H3,(H,31,34)(H,32,35)/t25-/m0/s1. The van der Waals surface area contributed by atoms with E-state index in [0.29, 0.717) is 45.4 Å². The SMILES string of the molecule is COc1ccc(C=C(C)C(=O)c2cc(OC)c(OC)c(OC)c2)cc1NC(=O)[C@@H](NC(=O)OC(C)(C)C)C(C)C. The number of allylic oxidation sites excluding steroid dienone is 1. The van der Waals surface area contributed by atoms with E-state index in [1.807, 2.05) is 13.8 Å². The monoisotopic (exact) mass is 556 g/mol. The topological polar surface area (TPSA) is 121 Å². The van der Waals surface area contributed by atoms with Crippen LogP contribution < -0.4 is 29.6 Å². The zero-order valence-electron chi connectivity index (χ0n) is 24.9. The van der Waals surface area contributed by atoms with Gasteiger partial charge in [-0.05, 0) is 75.1 Å². The molecule has 0 unspecified atom stereocenters. The van der Waals surface area contributed by atoms with Crippen molar-refractivity contribution in [3.05, 3.63) is 47.0 Å².